The summed E-state index contributed by atoms with van der Waals surface area (Å²) in [6, 6.07) is 3.54. The summed E-state index contributed by atoms with van der Waals surface area (Å²) in [7, 11) is -4.46. The van der Waals surface area contributed by atoms with Crippen LogP contribution in [-0.4, -0.2) is 38.1 Å². The molecule has 1 atom stereocenters. The Balaban J connectivity index is 2.01. The predicted molar refractivity (Wildman–Crippen MR) is 67.8 cm³/mol. The summed E-state index contributed by atoms with van der Waals surface area (Å²) in [5, 5.41) is 1.82. The third kappa shape index (κ3) is 3.52. The summed E-state index contributed by atoms with van der Waals surface area (Å²) in [4.78, 5) is 14.3. The van der Waals surface area contributed by atoms with Gasteiger partial charge >= 0.3 is 10.2 Å². The summed E-state index contributed by atoms with van der Waals surface area (Å²) < 4.78 is 33.9. The molecule has 18 heavy (non-hydrogen) atoms. The van der Waals surface area contributed by atoms with Crippen LogP contribution in [0.5, 0.6) is 0 Å². The van der Waals surface area contributed by atoms with Crippen LogP contribution in [0.25, 0.3) is 0 Å². The van der Waals surface area contributed by atoms with Crippen LogP contribution < -0.4 is 0 Å². The number of piperidine rings is 1. The van der Waals surface area contributed by atoms with Gasteiger partial charge in [-0.05, 0) is 30.2 Å². The highest BCUT2D eigenvalue weighted by Crippen LogP contribution is 2.21. The smallest absolute Gasteiger partial charge is 0.302 e. The average Bonchev–Trinajstić information content (AvgIpc) is 2.79. The molecule has 1 aromatic rings. The zero-order chi connectivity index (χ0) is 13.2. The highest BCUT2D eigenvalue weighted by Gasteiger charge is 2.28. The molecule has 100 valence electrons. The van der Waals surface area contributed by atoms with Gasteiger partial charge in [-0.1, -0.05) is 6.07 Å². The lowest BCUT2D eigenvalue weighted by molar-refractivity contribution is 0.0688. The van der Waals surface area contributed by atoms with Gasteiger partial charge in [-0.25, -0.2) is 0 Å². The van der Waals surface area contributed by atoms with E-state index in [1.54, 1.807) is 17.0 Å². The normalized spacial score (nSPS) is 20.9. The van der Waals surface area contributed by atoms with Crippen molar-refractivity contribution in [2.24, 2.45) is 5.92 Å². The third-order valence-electron chi connectivity index (χ3n) is 2.97. The number of amides is 1. The minimum atomic E-state index is -4.46. The van der Waals surface area contributed by atoms with E-state index in [-0.39, 0.29) is 11.8 Å². The van der Waals surface area contributed by atoms with Crippen LogP contribution in [0.1, 0.15) is 22.5 Å². The minimum Gasteiger partial charge on any atom is -0.338 e. The molecule has 1 aromatic heterocycles. The van der Waals surface area contributed by atoms with Crippen molar-refractivity contribution in [1.29, 1.82) is 0 Å². The van der Waals surface area contributed by atoms with Crippen molar-refractivity contribution >= 4 is 27.5 Å². The van der Waals surface area contributed by atoms with Gasteiger partial charge in [0.2, 0.25) is 0 Å². The molecule has 0 bridgehead atoms. The van der Waals surface area contributed by atoms with Gasteiger partial charge in [-0.15, -0.1) is 15.2 Å². The number of carbonyl (C=O) groups excluding carboxylic acids is 1. The van der Waals surface area contributed by atoms with Crippen molar-refractivity contribution in [3.8, 4) is 0 Å². The minimum absolute atomic E-state index is 0.0917. The lowest BCUT2D eigenvalue weighted by Crippen LogP contribution is -2.41. The fraction of sp³-hybridized carbons (Fsp3) is 0.545. The molecule has 1 saturated heterocycles. The first-order valence-electron chi connectivity index (χ1n) is 5.71. The van der Waals surface area contributed by atoms with E-state index in [0.717, 1.165) is 6.42 Å². The summed E-state index contributed by atoms with van der Waals surface area (Å²) >= 11 is 1.36. The Morgan fingerprint density at radius 1 is 1.56 bits per heavy atom. The van der Waals surface area contributed by atoms with E-state index in [0.29, 0.717) is 24.4 Å². The van der Waals surface area contributed by atoms with Gasteiger partial charge in [-0.3, -0.25) is 4.79 Å². The first-order valence-corrected chi connectivity index (χ1v) is 8.14. The summed E-state index contributed by atoms with van der Waals surface area (Å²) in [6.07, 6.45) is 1.37. The second kappa shape index (κ2) is 5.36. The molecule has 1 aliphatic heterocycles. The van der Waals surface area contributed by atoms with Crippen molar-refractivity contribution in [3.63, 3.8) is 0 Å². The molecule has 0 aliphatic carbocycles. The van der Waals surface area contributed by atoms with Crippen molar-refractivity contribution in [3.05, 3.63) is 22.4 Å². The van der Waals surface area contributed by atoms with Crippen molar-refractivity contribution in [1.82, 2.24) is 4.90 Å². The number of carbonyl (C=O) groups is 1. The predicted octanol–water partition coefficient (Wildman–Crippen LogP) is 1.90. The molecule has 0 spiro atoms. The zero-order valence-electron chi connectivity index (χ0n) is 9.71. The maximum Gasteiger partial charge on any atom is 0.302 e. The lowest BCUT2D eigenvalue weighted by Gasteiger charge is -2.31. The number of halogens is 1. The Labute approximate surface area is 110 Å². The van der Waals surface area contributed by atoms with Crippen LogP contribution in [0.4, 0.5) is 3.89 Å². The SMILES string of the molecule is O=C(c1cccs1)N1CCC[C@@H](CS(=O)(=O)F)C1. The van der Waals surface area contributed by atoms with E-state index < -0.39 is 16.0 Å². The standard InChI is InChI=1S/C11H14FNO3S2/c12-18(15,16)8-9-3-1-5-13(7-9)11(14)10-4-2-6-17-10/h2,4,6,9H,1,3,5,7-8H2/t9-/m1/s1. The number of likely N-dealkylation sites (tertiary alicyclic amines) is 1. The number of hydrogen-bond acceptors (Lipinski definition) is 4. The maximum absolute atomic E-state index is 12.6. The Bertz CT molecular complexity index is 512. The van der Waals surface area contributed by atoms with Crippen LogP contribution >= 0.6 is 11.3 Å². The second-order valence-electron chi connectivity index (χ2n) is 4.44. The van der Waals surface area contributed by atoms with Gasteiger partial charge in [0.05, 0.1) is 10.6 Å². The zero-order valence-corrected chi connectivity index (χ0v) is 11.3. The Hall–Kier alpha value is -0.950. The molecular formula is C11H14FNO3S2. The van der Waals surface area contributed by atoms with E-state index in [4.69, 9.17) is 0 Å². The molecule has 1 fully saturated rings. The van der Waals surface area contributed by atoms with Gasteiger partial charge in [0.25, 0.3) is 5.91 Å². The van der Waals surface area contributed by atoms with Crippen LogP contribution in [0.15, 0.2) is 17.5 Å². The molecule has 4 nitrogen and oxygen atoms in total. The number of rotatable bonds is 3. The highest BCUT2D eigenvalue weighted by atomic mass is 32.3. The number of thiophene rings is 1. The maximum atomic E-state index is 12.6. The van der Waals surface area contributed by atoms with Gasteiger partial charge < -0.3 is 4.90 Å². The first kappa shape index (κ1) is 13.5. The van der Waals surface area contributed by atoms with Gasteiger partial charge in [-0.2, -0.15) is 8.42 Å². The van der Waals surface area contributed by atoms with Gasteiger partial charge in [0.15, 0.2) is 0 Å². The first-order chi connectivity index (χ1) is 8.46. The van der Waals surface area contributed by atoms with Crippen LogP contribution in [-0.2, 0) is 10.2 Å². The molecular weight excluding hydrogens is 277 g/mol. The van der Waals surface area contributed by atoms with Gasteiger partial charge in [0.1, 0.15) is 0 Å². The van der Waals surface area contributed by atoms with Crippen molar-refractivity contribution in [2.45, 2.75) is 12.8 Å². The third-order valence-corrected chi connectivity index (χ3v) is 4.70. The Morgan fingerprint density at radius 3 is 2.94 bits per heavy atom. The number of hydrogen-bond donors (Lipinski definition) is 0. The molecule has 0 N–H and O–H groups in total. The van der Waals surface area contributed by atoms with Crippen molar-refractivity contribution in [2.75, 3.05) is 18.8 Å². The van der Waals surface area contributed by atoms with Crippen LogP contribution in [0.2, 0.25) is 0 Å². The van der Waals surface area contributed by atoms with E-state index in [9.17, 15) is 17.1 Å². The molecule has 2 rings (SSSR count). The van der Waals surface area contributed by atoms with Crippen molar-refractivity contribution < 1.29 is 17.1 Å². The molecule has 0 radical (unpaired) electrons. The molecule has 1 aliphatic rings. The molecule has 0 saturated carbocycles. The average molecular weight is 291 g/mol. The van der Waals surface area contributed by atoms with E-state index in [1.165, 1.54) is 11.3 Å². The Morgan fingerprint density at radius 2 is 2.33 bits per heavy atom. The highest BCUT2D eigenvalue weighted by molar-refractivity contribution is 7.86. The monoisotopic (exact) mass is 291 g/mol. The number of nitrogens with zero attached hydrogens (tertiary/aromatic N) is 1. The quantitative estimate of drug-likeness (QED) is 0.799. The van der Waals surface area contributed by atoms with Gasteiger partial charge in [0, 0.05) is 13.1 Å². The topological polar surface area (TPSA) is 54.5 Å². The molecule has 1 amide bonds. The van der Waals surface area contributed by atoms with Crippen LogP contribution in [0, 0.1) is 5.92 Å². The van der Waals surface area contributed by atoms with E-state index >= 15 is 0 Å². The summed E-state index contributed by atoms with van der Waals surface area (Å²) in [5.41, 5.74) is 0. The summed E-state index contributed by atoms with van der Waals surface area (Å²) in [6.45, 7) is 0.930. The fourth-order valence-corrected chi connectivity index (χ4v) is 3.75. The summed E-state index contributed by atoms with van der Waals surface area (Å²) in [5.74, 6) is -0.870. The second-order valence-corrected chi connectivity index (χ2v) is 6.80. The van der Waals surface area contributed by atoms with E-state index in [2.05, 4.69) is 0 Å². The Kier molecular flexibility index (Phi) is 4.01. The molecule has 0 aromatic carbocycles. The molecule has 0 unspecified atom stereocenters. The molecule has 2 heterocycles. The largest absolute Gasteiger partial charge is 0.338 e. The van der Waals surface area contributed by atoms with Crippen LogP contribution in [0.3, 0.4) is 0 Å². The fourth-order valence-electron chi connectivity index (χ4n) is 2.22. The molecule has 7 heteroatoms. The lowest BCUT2D eigenvalue weighted by atomic mass is 10.00. The van der Waals surface area contributed by atoms with E-state index in [1.807, 2.05) is 5.38 Å².